The van der Waals surface area contributed by atoms with E-state index in [4.69, 9.17) is 9.47 Å². The van der Waals surface area contributed by atoms with Gasteiger partial charge in [-0.3, -0.25) is 0 Å². The molecule has 0 atom stereocenters. The number of piperazine rings is 1. The van der Waals surface area contributed by atoms with Gasteiger partial charge in [0.25, 0.3) is 0 Å². The number of anilines is 3. The lowest BCUT2D eigenvalue weighted by Crippen LogP contribution is -2.44. The number of nitrogens with zero attached hydrogens (tertiary/aromatic N) is 5. The minimum absolute atomic E-state index is 0.369. The van der Waals surface area contributed by atoms with Crippen LogP contribution in [0.2, 0.25) is 0 Å². The van der Waals surface area contributed by atoms with E-state index in [0.717, 1.165) is 37.4 Å². The van der Waals surface area contributed by atoms with Gasteiger partial charge >= 0.3 is 0 Å². The van der Waals surface area contributed by atoms with E-state index in [1.807, 2.05) is 30.5 Å². The summed E-state index contributed by atoms with van der Waals surface area (Å²) in [5.41, 5.74) is 3.71. The lowest BCUT2D eigenvalue weighted by Gasteiger charge is -2.34. The van der Waals surface area contributed by atoms with Gasteiger partial charge in [0.05, 0.1) is 19.9 Å². The quantitative estimate of drug-likeness (QED) is 0.397. The Morgan fingerprint density at radius 3 is 2.29 bits per heavy atom. The molecule has 1 aromatic heterocycles. The Labute approximate surface area is 204 Å². The molecule has 0 radical (unpaired) electrons. The van der Waals surface area contributed by atoms with E-state index in [1.165, 1.54) is 17.4 Å². The van der Waals surface area contributed by atoms with Gasteiger partial charge < -0.3 is 24.6 Å². The summed E-state index contributed by atoms with van der Waals surface area (Å²) in [6.45, 7) is 4.14. The monoisotopic (exact) mass is 476 g/mol. The fourth-order valence-corrected chi connectivity index (χ4v) is 4.24. The number of rotatable bonds is 7. The van der Waals surface area contributed by atoms with Gasteiger partial charge in [-0.1, -0.05) is 11.8 Å². The summed E-state index contributed by atoms with van der Waals surface area (Å²) in [5, 5.41) is 13.9. The molecule has 2 aromatic carbocycles. The summed E-state index contributed by atoms with van der Waals surface area (Å²) >= 11 is 1.42. The number of thioether (sulfide) groups is 1. The summed E-state index contributed by atoms with van der Waals surface area (Å²) in [7, 11) is 5.32. The van der Waals surface area contributed by atoms with E-state index in [-0.39, 0.29) is 0 Å². The van der Waals surface area contributed by atoms with Crippen LogP contribution < -0.4 is 19.7 Å². The second kappa shape index (κ2) is 10.6. The second-order valence-electron chi connectivity index (χ2n) is 7.93. The van der Waals surface area contributed by atoms with Crippen molar-refractivity contribution in [3.63, 3.8) is 0 Å². The van der Waals surface area contributed by atoms with Crippen molar-refractivity contribution >= 4 is 29.0 Å². The Balaban J connectivity index is 1.66. The Kier molecular flexibility index (Phi) is 7.40. The van der Waals surface area contributed by atoms with E-state index < -0.39 is 0 Å². The van der Waals surface area contributed by atoms with Crippen molar-refractivity contribution in [2.45, 2.75) is 5.16 Å². The Bertz CT molecular complexity index is 1190. The topological polar surface area (TPSA) is 86.5 Å². The maximum Gasteiger partial charge on any atom is 0.189 e. The molecule has 2 heterocycles. The van der Waals surface area contributed by atoms with Crippen LogP contribution in [0.1, 0.15) is 5.56 Å². The van der Waals surface area contributed by atoms with Crippen molar-refractivity contribution in [3.8, 4) is 28.8 Å². The van der Waals surface area contributed by atoms with E-state index in [0.29, 0.717) is 33.7 Å². The average molecular weight is 477 g/mol. The molecule has 4 rings (SSSR count). The number of ether oxygens (including phenoxy) is 2. The number of nitriles is 1. The zero-order chi connectivity index (χ0) is 24.1. The van der Waals surface area contributed by atoms with Crippen molar-refractivity contribution in [1.29, 1.82) is 5.26 Å². The van der Waals surface area contributed by atoms with Crippen molar-refractivity contribution in [2.75, 3.05) is 63.9 Å². The zero-order valence-electron chi connectivity index (χ0n) is 19.8. The normalized spacial score (nSPS) is 13.9. The number of aromatic nitrogens is 2. The minimum atomic E-state index is 0.369. The highest BCUT2D eigenvalue weighted by molar-refractivity contribution is 7.98. The SMILES string of the molecule is COc1ccc(-c2nc(SC)nc(Nc3ccc(N4CCN(C)CC4)cc3)c2C#N)cc1OC. The van der Waals surface area contributed by atoms with Gasteiger partial charge in [0.1, 0.15) is 11.6 Å². The van der Waals surface area contributed by atoms with E-state index >= 15 is 0 Å². The first-order valence-corrected chi connectivity index (χ1v) is 12.2. The highest BCUT2D eigenvalue weighted by Gasteiger charge is 2.19. The molecule has 0 amide bonds. The van der Waals surface area contributed by atoms with Gasteiger partial charge in [-0.15, -0.1) is 0 Å². The van der Waals surface area contributed by atoms with Crippen LogP contribution in [0.15, 0.2) is 47.6 Å². The molecule has 1 saturated heterocycles. The molecule has 1 aliphatic heterocycles. The van der Waals surface area contributed by atoms with Gasteiger partial charge in [-0.25, -0.2) is 9.97 Å². The smallest absolute Gasteiger partial charge is 0.189 e. The standard InChI is InChI=1S/C25H28N6O2S/c1-30-11-13-31(14-12-30)19-8-6-18(7-9-19)27-24-20(16-26)23(28-25(29-24)34-4)17-5-10-21(32-2)22(15-17)33-3/h5-10,15H,11-14H2,1-4H3,(H,27,28,29). The molecule has 34 heavy (non-hydrogen) atoms. The molecule has 8 nitrogen and oxygen atoms in total. The largest absolute Gasteiger partial charge is 0.493 e. The molecule has 0 spiro atoms. The van der Waals surface area contributed by atoms with Crippen molar-refractivity contribution < 1.29 is 9.47 Å². The van der Waals surface area contributed by atoms with Crippen LogP contribution >= 0.6 is 11.8 Å². The second-order valence-corrected chi connectivity index (χ2v) is 8.70. The molecule has 0 unspecified atom stereocenters. The molecule has 0 bridgehead atoms. The maximum atomic E-state index is 10.0. The maximum absolute atomic E-state index is 10.0. The van der Waals surface area contributed by atoms with Crippen LogP contribution in [0.5, 0.6) is 11.5 Å². The molecule has 0 saturated carbocycles. The third-order valence-electron chi connectivity index (χ3n) is 5.84. The predicted octanol–water partition coefficient (Wildman–Crippen LogP) is 4.25. The molecular formula is C25H28N6O2S. The predicted molar refractivity (Wildman–Crippen MR) is 137 cm³/mol. The molecule has 1 N–H and O–H groups in total. The highest BCUT2D eigenvalue weighted by Crippen LogP contribution is 2.35. The molecule has 9 heteroatoms. The number of hydrogen-bond acceptors (Lipinski definition) is 9. The van der Waals surface area contributed by atoms with Crippen LogP contribution in [0.3, 0.4) is 0 Å². The lowest BCUT2D eigenvalue weighted by molar-refractivity contribution is 0.313. The fraction of sp³-hybridized carbons (Fsp3) is 0.320. The zero-order valence-corrected chi connectivity index (χ0v) is 20.6. The number of methoxy groups -OCH3 is 2. The Morgan fingerprint density at radius 2 is 1.68 bits per heavy atom. The summed E-state index contributed by atoms with van der Waals surface area (Å²) < 4.78 is 10.8. The summed E-state index contributed by atoms with van der Waals surface area (Å²) in [6.07, 6.45) is 1.91. The first kappa shape index (κ1) is 23.7. The van der Waals surface area contributed by atoms with E-state index in [1.54, 1.807) is 20.3 Å². The van der Waals surface area contributed by atoms with Crippen LogP contribution in [-0.4, -0.2) is 68.6 Å². The van der Waals surface area contributed by atoms with Crippen molar-refractivity contribution in [1.82, 2.24) is 14.9 Å². The summed E-state index contributed by atoms with van der Waals surface area (Å²) in [4.78, 5) is 13.9. The van der Waals surface area contributed by atoms with Gasteiger partial charge in [0, 0.05) is 43.1 Å². The number of benzene rings is 2. The number of nitrogens with one attached hydrogen (secondary N) is 1. The minimum Gasteiger partial charge on any atom is -0.493 e. The van der Waals surface area contributed by atoms with Crippen molar-refractivity contribution in [3.05, 3.63) is 48.0 Å². The fourth-order valence-electron chi connectivity index (χ4n) is 3.88. The highest BCUT2D eigenvalue weighted by atomic mass is 32.2. The van der Waals surface area contributed by atoms with Crippen LogP contribution in [0.4, 0.5) is 17.2 Å². The number of likely N-dealkylation sites (N-methyl/N-ethyl adjacent to an activating group) is 1. The molecule has 176 valence electrons. The molecule has 3 aromatic rings. The Hall–Kier alpha value is -3.48. The third kappa shape index (κ3) is 5.03. The average Bonchev–Trinajstić information content (AvgIpc) is 2.88. The van der Waals surface area contributed by atoms with Crippen molar-refractivity contribution in [2.24, 2.45) is 0 Å². The van der Waals surface area contributed by atoms with Gasteiger partial charge in [0.15, 0.2) is 22.5 Å². The van der Waals surface area contributed by atoms with Crippen LogP contribution in [0.25, 0.3) is 11.3 Å². The van der Waals surface area contributed by atoms with E-state index in [2.05, 4.69) is 50.3 Å². The van der Waals surface area contributed by atoms with Crippen LogP contribution in [0, 0.1) is 11.3 Å². The number of hydrogen-bond donors (Lipinski definition) is 1. The first-order valence-electron chi connectivity index (χ1n) is 11.0. The summed E-state index contributed by atoms with van der Waals surface area (Å²) in [6, 6.07) is 16.0. The molecule has 0 aliphatic carbocycles. The van der Waals surface area contributed by atoms with E-state index in [9.17, 15) is 5.26 Å². The van der Waals surface area contributed by atoms with Gasteiger partial charge in [-0.2, -0.15) is 5.26 Å². The van der Waals surface area contributed by atoms with Gasteiger partial charge in [0.2, 0.25) is 0 Å². The van der Waals surface area contributed by atoms with Crippen LogP contribution in [-0.2, 0) is 0 Å². The molecule has 1 aliphatic rings. The van der Waals surface area contributed by atoms with Gasteiger partial charge in [-0.05, 0) is 55.8 Å². The Morgan fingerprint density at radius 1 is 0.971 bits per heavy atom. The lowest BCUT2D eigenvalue weighted by atomic mass is 10.1. The summed E-state index contributed by atoms with van der Waals surface area (Å²) in [5.74, 6) is 1.66. The first-order chi connectivity index (χ1) is 16.6. The third-order valence-corrected chi connectivity index (χ3v) is 6.39. The molecular weight excluding hydrogens is 448 g/mol. The molecule has 1 fully saturated rings.